The summed E-state index contributed by atoms with van der Waals surface area (Å²) in [5.74, 6) is 0.449. The molecule has 0 aliphatic heterocycles. The second kappa shape index (κ2) is 5.24. The maximum atomic E-state index is 12.0. The Morgan fingerprint density at radius 2 is 1.84 bits per heavy atom. The third-order valence-corrected chi connectivity index (χ3v) is 3.58. The van der Waals surface area contributed by atoms with Gasteiger partial charge < -0.3 is 10.5 Å². The minimum absolute atomic E-state index is 0.0433. The highest BCUT2D eigenvalue weighted by molar-refractivity contribution is 5.73. The van der Waals surface area contributed by atoms with Crippen molar-refractivity contribution in [3.63, 3.8) is 0 Å². The van der Waals surface area contributed by atoms with Crippen LogP contribution in [0.2, 0.25) is 0 Å². The summed E-state index contributed by atoms with van der Waals surface area (Å²) in [4.78, 5) is 12.0. The second-order valence-electron chi connectivity index (χ2n) is 6.41. The van der Waals surface area contributed by atoms with Crippen LogP contribution < -0.4 is 5.73 Å². The standard InChI is InChI=1S/C16H23NO2/c1-16(2,3)19-15(18)13-5-4-12(10-13)11-6-8-14(17)9-7-11/h6-9,12-13H,4-5,10,17H2,1-3H3/t12-,13-/m1/s1. The molecule has 1 aromatic carbocycles. The fraction of sp³-hybridized carbons (Fsp3) is 0.562. The molecular weight excluding hydrogens is 238 g/mol. The number of anilines is 1. The zero-order chi connectivity index (χ0) is 14.0. The molecule has 0 unspecified atom stereocenters. The Morgan fingerprint density at radius 3 is 2.42 bits per heavy atom. The van der Waals surface area contributed by atoms with Crippen LogP contribution in [0, 0.1) is 5.92 Å². The van der Waals surface area contributed by atoms with Gasteiger partial charge in [0.2, 0.25) is 0 Å². The number of benzene rings is 1. The van der Waals surface area contributed by atoms with Crippen molar-refractivity contribution >= 4 is 11.7 Å². The molecular formula is C16H23NO2. The van der Waals surface area contributed by atoms with Gasteiger partial charge in [0.05, 0.1) is 5.92 Å². The molecule has 1 fully saturated rings. The molecule has 19 heavy (non-hydrogen) atoms. The molecule has 1 aromatic rings. The SMILES string of the molecule is CC(C)(C)OC(=O)[C@@H]1CC[C@@H](c2ccc(N)cc2)C1. The van der Waals surface area contributed by atoms with Crippen LogP contribution in [0.1, 0.15) is 51.5 Å². The van der Waals surface area contributed by atoms with Crippen molar-refractivity contribution in [3.05, 3.63) is 29.8 Å². The van der Waals surface area contributed by atoms with Gasteiger partial charge in [0.15, 0.2) is 0 Å². The van der Waals surface area contributed by atoms with Crippen molar-refractivity contribution < 1.29 is 9.53 Å². The van der Waals surface area contributed by atoms with Crippen molar-refractivity contribution in [3.8, 4) is 0 Å². The number of ether oxygens (including phenoxy) is 1. The van der Waals surface area contributed by atoms with Gasteiger partial charge in [0.25, 0.3) is 0 Å². The molecule has 0 spiro atoms. The van der Waals surface area contributed by atoms with Crippen molar-refractivity contribution in [2.24, 2.45) is 5.92 Å². The molecule has 1 aliphatic carbocycles. The van der Waals surface area contributed by atoms with Gasteiger partial charge in [-0.3, -0.25) is 4.79 Å². The summed E-state index contributed by atoms with van der Waals surface area (Å²) < 4.78 is 5.47. The molecule has 0 heterocycles. The Labute approximate surface area is 115 Å². The minimum atomic E-state index is -0.392. The number of carbonyl (C=O) groups excluding carboxylic acids is 1. The fourth-order valence-electron chi connectivity index (χ4n) is 2.65. The molecule has 1 saturated carbocycles. The maximum absolute atomic E-state index is 12.0. The van der Waals surface area contributed by atoms with E-state index in [1.54, 1.807) is 0 Å². The number of esters is 1. The predicted octanol–water partition coefficient (Wildman–Crippen LogP) is 3.49. The molecule has 0 bridgehead atoms. The van der Waals surface area contributed by atoms with E-state index in [1.165, 1.54) is 5.56 Å². The molecule has 2 atom stereocenters. The lowest BCUT2D eigenvalue weighted by atomic mass is 9.96. The van der Waals surface area contributed by atoms with Crippen LogP contribution in [-0.2, 0) is 9.53 Å². The summed E-state index contributed by atoms with van der Waals surface area (Å²) in [6.07, 6.45) is 2.86. The van der Waals surface area contributed by atoms with E-state index in [9.17, 15) is 4.79 Å². The van der Waals surface area contributed by atoms with E-state index in [0.29, 0.717) is 5.92 Å². The minimum Gasteiger partial charge on any atom is -0.460 e. The largest absolute Gasteiger partial charge is 0.460 e. The number of nitrogens with two attached hydrogens (primary N) is 1. The van der Waals surface area contributed by atoms with Gasteiger partial charge in [0.1, 0.15) is 5.60 Å². The molecule has 0 saturated heterocycles. The van der Waals surface area contributed by atoms with Crippen molar-refractivity contribution in [1.82, 2.24) is 0 Å². The summed E-state index contributed by atoms with van der Waals surface area (Å²) in [5, 5.41) is 0. The van der Waals surface area contributed by atoms with Gasteiger partial charge in [-0.15, -0.1) is 0 Å². The molecule has 2 rings (SSSR count). The Balaban J connectivity index is 1.96. The highest BCUT2D eigenvalue weighted by Gasteiger charge is 2.33. The highest BCUT2D eigenvalue weighted by atomic mass is 16.6. The maximum Gasteiger partial charge on any atom is 0.309 e. The normalized spacial score (nSPS) is 23.3. The van der Waals surface area contributed by atoms with Crippen LogP contribution >= 0.6 is 0 Å². The van der Waals surface area contributed by atoms with Crippen molar-refractivity contribution in [2.75, 3.05) is 5.73 Å². The molecule has 0 radical (unpaired) electrons. The summed E-state index contributed by atoms with van der Waals surface area (Å²) in [6.45, 7) is 5.74. The molecule has 3 nitrogen and oxygen atoms in total. The molecule has 3 heteroatoms. The fourth-order valence-corrected chi connectivity index (χ4v) is 2.65. The van der Waals surface area contributed by atoms with Gasteiger partial charge in [-0.05, 0) is 63.6 Å². The zero-order valence-electron chi connectivity index (χ0n) is 12.0. The predicted molar refractivity (Wildman–Crippen MR) is 76.8 cm³/mol. The molecule has 2 N–H and O–H groups in total. The van der Waals surface area contributed by atoms with E-state index in [1.807, 2.05) is 32.9 Å². The average molecular weight is 261 g/mol. The zero-order valence-corrected chi connectivity index (χ0v) is 12.0. The average Bonchev–Trinajstić information content (AvgIpc) is 2.77. The molecule has 0 aromatic heterocycles. The molecule has 104 valence electrons. The third kappa shape index (κ3) is 3.72. The number of hydrogen-bond acceptors (Lipinski definition) is 3. The Bertz CT molecular complexity index is 445. The lowest BCUT2D eigenvalue weighted by Crippen LogP contribution is -2.27. The number of rotatable bonds is 2. The Morgan fingerprint density at radius 1 is 1.21 bits per heavy atom. The first-order valence-electron chi connectivity index (χ1n) is 6.93. The first-order valence-corrected chi connectivity index (χ1v) is 6.93. The Kier molecular flexibility index (Phi) is 3.83. The van der Waals surface area contributed by atoms with Crippen molar-refractivity contribution in [1.29, 1.82) is 0 Å². The van der Waals surface area contributed by atoms with Gasteiger partial charge >= 0.3 is 5.97 Å². The lowest BCUT2D eigenvalue weighted by molar-refractivity contribution is -0.159. The second-order valence-corrected chi connectivity index (χ2v) is 6.41. The van der Waals surface area contributed by atoms with Crippen molar-refractivity contribution in [2.45, 2.75) is 51.6 Å². The van der Waals surface area contributed by atoms with E-state index >= 15 is 0 Å². The number of carbonyl (C=O) groups is 1. The quantitative estimate of drug-likeness (QED) is 0.655. The van der Waals surface area contributed by atoms with Gasteiger partial charge in [-0.1, -0.05) is 12.1 Å². The molecule has 0 amide bonds. The van der Waals surface area contributed by atoms with E-state index < -0.39 is 5.60 Å². The first-order chi connectivity index (χ1) is 8.85. The van der Waals surface area contributed by atoms with Crippen LogP contribution in [-0.4, -0.2) is 11.6 Å². The van der Waals surface area contributed by atoms with Gasteiger partial charge in [-0.25, -0.2) is 0 Å². The number of hydrogen-bond donors (Lipinski definition) is 1. The monoisotopic (exact) mass is 261 g/mol. The number of nitrogen functional groups attached to an aromatic ring is 1. The van der Waals surface area contributed by atoms with Gasteiger partial charge in [-0.2, -0.15) is 0 Å². The van der Waals surface area contributed by atoms with Crippen LogP contribution in [0.25, 0.3) is 0 Å². The van der Waals surface area contributed by atoms with Crippen LogP contribution in [0.5, 0.6) is 0 Å². The summed E-state index contributed by atoms with van der Waals surface area (Å²) in [5.41, 5.74) is 7.36. The first kappa shape index (κ1) is 13.9. The van der Waals surface area contributed by atoms with E-state index in [4.69, 9.17) is 10.5 Å². The van der Waals surface area contributed by atoms with E-state index in [-0.39, 0.29) is 11.9 Å². The van der Waals surface area contributed by atoms with Gasteiger partial charge in [0, 0.05) is 5.69 Å². The summed E-state index contributed by atoms with van der Waals surface area (Å²) in [7, 11) is 0. The smallest absolute Gasteiger partial charge is 0.309 e. The Hall–Kier alpha value is -1.51. The third-order valence-electron chi connectivity index (χ3n) is 3.58. The summed E-state index contributed by atoms with van der Waals surface area (Å²) in [6, 6.07) is 7.99. The highest BCUT2D eigenvalue weighted by Crippen LogP contribution is 2.39. The topological polar surface area (TPSA) is 52.3 Å². The lowest BCUT2D eigenvalue weighted by Gasteiger charge is -2.22. The van der Waals surface area contributed by atoms with Crippen LogP contribution in [0.3, 0.4) is 0 Å². The molecule has 1 aliphatic rings. The van der Waals surface area contributed by atoms with Crippen LogP contribution in [0.4, 0.5) is 5.69 Å². The van der Waals surface area contributed by atoms with Crippen LogP contribution in [0.15, 0.2) is 24.3 Å². The van der Waals surface area contributed by atoms with E-state index in [2.05, 4.69) is 12.1 Å². The van der Waals surface area contributed by atoms with E-state index in [0.717, 1.165) is 24.9 Å². The summed E-state index contributed by atoms with van der Waals surface area (Å²) >= 11 is 0.